The third-order valence-electron chi connectivity index (χ3n) is 12.4. The van der Waals surface area contributed by atoms with Crippen LogP contribution < -0.4 is 5.73 Å². The lowest BCUT2D eigenvalue weighted by Crippen LogP contribution is -2.64. The minimum Gasteiger partial charge on any atom is -0.481 e. The summed E-state index contributed by atoms with van der Waals surface area (Å²) < 4.78 is 11.9. The number of carboxylic acids is 1. The highest BCUT2D eigenvalue weighted by Crippen LogP contribution is 2.70. The third-order valence-corrected chi connectivity index (χ3v) is 12.4. The Morgan fingerprint density at radius 3 is 2.44 bits per heavy atom. The van der Waals surface area contributed by atoms with E-state index in [0.29, 0.717) is 18.3 Å². The summed E-state index contributed by atoms with van der Waals surface area (Å²) in [6.07, 6.45) is 3.19. The fourth-order valence-corrected chi connectivity index (χ4v) is 10.1. The van der Waals surface area contributed by atoms with E-state index in [1.807, 2.05) is 0 Å². The molecular weight excluding hydrogens is 506 g/mol. The van der Waals surface area contributed by atoms with Crippen LogP contribution in [0.2, 0.25) is 0 Å². The van der Waals surface area contributed by atoms with E-state index in [9.17, 15) is 35.4 Å². The molecule has 0 aromatic heterocycles. The molecule has 1 heterocycles. The molecule has 4 saturated carbocycles. The molecule has 10 nitrogen and oxygen atoms in total. The predicted octanol–water partition coefficient (Wildman–Crippen LogP) is 0.995. The molecule has 10 heteroatoms. The van der Waals surface area contributed by atoms with Gasteiger partial charge in [-0.2, -0.15) is 0 Å². The minimum absolute atomic E-state index is 0.00577. The van der Waals surface area contributed by atoms with Gasteiger partial charge >= 0.3 is 5.97 Å². The van der Waals surface area contributed by atoms with Gasteiger partial charge in [0.1, 0.15) is 18.3 Å². The van der Waals surface area contributed by atoms with E-state index < -0.39 is 54.2 Å². The summed E-state index contributed by atoms with van der Waals surface area (Å²) in [6, 6.07) is -0.960. The zero-order valence-electron chi connectivity index (χ0n) is 23.3. The van der Waals surface area contributed by atoms with Crippen molar-refractivity contribution in [2.75, 3.05) is 13.2 Å². The number of ether oxygens (including phenoxy) is 2. The second-order valence-corrected chi connectivity index (χ2v) is 13.9. The Morgan fingerprint density at radius 2 is 1.77 bits per heavy atom. The van der Waals surface area contributed by atoms with Gasteiger partial charge < -0.3 is 45.8 Å². The van der Waals surface area contributed by atoms with Gasteiger partial charge in [-0.1, -0.05) is 13.8 Å². The Kier molecular flexibility index (Phi) is 8.18. The molecule has 14 atom stereocenters. The first-order valence-electron chi connectivity index (χ1n) is 15.0. The van der Waals surface area contributed by atoms with Crippen molar-refractivity contribution in [2.24, 2.45) is 46.2 Å². The van der Waals surface area contributed by atoms with Gasteiger partial charge in [0.2, 0.25) is 0 Å². The van der Waals surface area contributed by atoms with E-state index >= 15 is 0 Å². The number of aliphatic hydroxyl groups is 5. The van der Waals surface area contributed by atoms with E-state index in [-0.39, 0.29) is 42.3 Å². The summed E-state index contributed by atoms with van der Waals surface area (Å²) in [5.41, 5.74) is 4.76. The molecule has 1 aliphatic heterocycles. The van der Waals surface area contributed by atoms with Crippen molar-refractivity contribution in [2.45, 2.75) is 120 Å². The van der Waals surface area contributed by atoms with E-state index in [1.165, 1.54) is 0 Å². The van der Waals surface area contributed by atoms with Crippen LogP contribution in [0.1, 0.15) is 78.1 Å². The normalized spacial score (nSPS) is 52.4. The van der Waals surface area contributed by atoms with Crippen molar-refractivity contribution >= 4 is 5.97 Å². The molecule has 5 aliphatic rings. The highest BCUT2D eigenvalue weighted by molar-refractivity contribution is 5.67. The Bertz CT molecular complexity index is 904. The molecule has 0 aromatic rings. The van der Waals surface area contributed by atoms with Crippen molar-refractivity contribution in [1.82, 2.24) is 0 Å². The van der Waals surface area contributed by atoms with Crippen LogP contribution in [0.3, 0.4) is 0 Å². The Hall–Kier alpha value is -0.850. The van der Waals surface area contributed by atoms with Crippen LogP contribution in [0.4, 0.5) is 0 Å². The van der Waals surface area contributed by atoms with Crippen molar-refractivity contribution in [3.05, 3.63) is 0 Å². The number of hydrogen-bond donors (Lipinski definition) is 7. The van der Waals surface area contributed by atoms with Crippen molar-refractivity contribution in [1.29, 1.82) is 0 Å². The standard InChI is InChI=1S/C29H49NO9/c1-27-8-5-17(38-26-25(36)23(30)24(35)21(14-32)39-26)12-16(27)3-4-20-19(27)6-9-28(2)18(7-10-29(20,28)37)15(13-31)11-22(33)34/h15-21,23-26,31-32,35-37H,3-14,30H2,1-2H3,(H,33,34)/t15-,16+,17-,18+,19-,20+,21+,23-,24+,25+,26+,27-,28+,29-/m0/s1. The number of aliphatic hydroxyl groups excluding tert-OH is 4. The quantitative estimate of drug-likeness (QED) is 0.224. The highest BCUT2D eigenvalue weighted by atomic mass is 16.7. The van der Waals surface area contributed by atoms with Crippen molar-refractivity contribution in [3.8, 4) is 0 Å². The first-order chi connectivity index (χ1) is 18.4. The molecule has 0 aromatic carbocycles. The summed E-state index contributed by atoms with van der Waals surface area (Å²) in [7, 11) is 0. The monoisotopic (exact) mass is 555 g/mol. The molecule has 5 rings (SSSR count). The van der Waals surface area contributed by atoms with Crippen LogP contribution in [-0.2, 0) is 14.3 Å². The van der Waals surface area contributed by atoms with Crippen LogP contribution in [0.15, 0.2) is 0 Å². The Morgan fingerprint density at radius 1 is 1.03 bits per heavy atom. The lowest BCUT2D eigenvalue weighted by Gasteiger charge is -2.64. The minimum atomic E-state index is -1.18. The van der Waals surface area contributed by atoms with Gasteiger partial charge in [-0.25, -0.2) is 0 Å². The molecule has 0 bridgehead atoms. The summed E-state index contributed by atoms with van der Waals surface area (Å²) in [5.74, 6) is -0.334. The van der Waals surface area contributed by atoms with E-state index in [2.05, 4.69) is 13.8 Å². The van der Waals surface area contributed by atoms with Gasteiger partial charge in [0.25, 0.3) is 0 Å². The SMILES string of the molecule is C[C@]12CC[C@H](O[C@@H]3O[C@H](CO)[C@@H](O)[C@H](N)[C@H]3O)C[C@H]1CC[C@@H]1[C@@H]2CC[C@]2(C)[C@@H]([C@H](CO)CC(=O)O)CC[C@]12O. The molecule has 0 unspecified atom stereocenters. The Balaban J connectivity index is 1.28. The van der Waals surface area contributed by atoms with Gasteiger partial charge in [-0.3, -0.25) is 4.79 Å². The first kappa shape index (κ1) is 29.6. The molecule has 8 N–H and O–H groups in total. The van der Waals surface area contributed by atoms with Crippen LogP contribution >= 0.6 is 0 Å². The van der Waals surface area contributed by atoms with E-state index in [1.54, 1.807) is 0 Å². The topological polar surface area (TPSA) is 183 Å². The van der Waals surface area contributed by atoms with Gasteiger partial charge in [-0.05, 0) is 98.2 Å². The molecule has 39 heavy (non-hydrogen) atoms. The lowest BCUT2D eigenvalue weighted by molar-refractivity contribution is -0.296. The van der Waals surface area contributed by atoms with Crippen LogP contribution in [0.25, 0.3) is 0 Å². The number of carboxylic acid groups (broad SMARTS) is 1. The maximum absolute atomic E-state index is 12.4. The lowest BCUT2D eigenvalue weighted by atomic mass is 9.43. The second-order valence-electron chi connectivity index (χ2n) is 13.9. The number of nitrogens with two attached hydrogens (primary N) is 1. The number of rotatable bonds is 7. The molecule has 5 fully saturated rings. The fourth-order valence-electron chi connectivity index (χ4n) is 10.1. The molecule has 1 saturated heterocycles. The largest absolute Gasteiger partial charge is 0.481 e. The summed E-state index contributed by atoms with van der Waals surface area (Å²) in [6.45, 7) is 3.93. The summed E-state index contributed by atoms with van der Waals surface area (Å²) in [5, 5.41) is 62.1. The van der Waals surface area contributed by atoms with E-state index in [0.717, 1.165) is 51.4 Å². The number of fused-ring (bicyclic) bond motifs is 5. The first-order valence-corrected chi connectivity index (χ1v) is 15.0. The molecule has 224 valence electrons. The molecule has 0 amide bonds. The smallest absolute Gasteiger partial charge is 0.303 e. The number of carbonyl (C=O) groups is 1. The predicted molar refractivity (Wildman–Crippen MR) is 140 cm³/mol. The van der Waals surface area contributed by atoms with E-state index in [4.69, 9.17) is 15.2 Å². The molecule has 0 spiro atoms. The third kappa shape index (κ3) is 4.67. The van der Waals surface area contributed by atoms with Crippen LogP contribution in [-0.4, -0.2) is 92.2 Å². The fraction of sp³-hybridized carbons (Fsp3) is 0.966. The average Bonchev–Trinajstić information content (AvgIpc) is 3.18. The van der Waals surface area contributed by atoms with Gasteiger partial charge in [0.05, 0.1) is 30.8 Å². The molecule has 0 radical (unpaired) electrons. The zero-order chi connectivity index (χ0) is 28.3. The summed E-state index contributed by atoms with van der Waals surface area (Å²) >= 11 is 0. The number of aliphatic carboxylic acids is 1. The Labute approximate surface area is 230 Å². The maximum atomic E-state index is 12.4. The van der Waals surface area contributed by atoms with Crippen molar-refractivity contribution < 1.29 is 44.9 Å². The van der Waals surface area contributed by atoms with Crippen molar-refractivity contribution in [3.63, 3.8) is 0 Å². The van der Waals surface area contributed by atoms with Crippen LogP contribution in [0.5, 0.6) is 0 Å². The van der Waals surface area contributed by atoms with Gasteiger partial charge in [0.15, 0.2) is 6.29 Å². The number of hydrogen-bond acceptors (Lipinski definition) is 9. The van der Waals surface area contributed by atoms with Gasteiger partial charge in [0, 0.05) is 6.61 Å². The van der Waals surface area contributed by atoms with Crippen LogP contribution in [0, 0.1) is 40.4 Å². The second kappa shape index (κ2) is 10.8. The molecule has 4 aliphatic carbocycles. The zero-order valence-corrected chi connectivity index (χ0v) is 23.3. The van der Waals surface area contributed by atoms with Gasteiger partial charge in [-0.15, -0.1) is 0 Å². The summed E-state index contributed by atoms with van der Waals surface area (Å²) in [4.78, 5) is 11.5. The average molecular weight is 556 g/mol. The highest BCUT2D eigenvalue weighted by Gasteiger charge is 2.68. The maximum Gasteiger partial charge on any atom is 0.303 e. The molecular formula is C29H49NO9.